The van der Waals surface area contributed by atoms with Gasteiger partial charge in [-0.3, -0.25) is 9.69 Å². The van der Waals surface area contributed by atoms with Crippen LogP contribution in [0.5, 0.6) is 0 Å². The van der Waals surface area contributed by atoms with Gasteiger partial charge in [0.05, 0.1) is 5.52 Å². The van der Waals surface area contributed by atoms with E-state index in [1.807, 2.05) is 11.8 Å². The van der Waals surface area contributed by atoms with Crippen LogP contribution in [0.4, 0.5) is 15.9 Å². The van der Waals surface area contributed by atoms with Gasteiger partial charge in [0.1, 0.15) is 23.1 Å². The molecule has 7 nitrogen and oxygen atoms in total. The summed E-state index contributed by atoms with van der Waals surface area (Å²) in [5, 5.41) is 9.79. The molecule has 0 spiro atoms. The minimum Gasteiger partial charge on any atom is -0.364 e. The normalized spacial score (nSPS) is 16.7. The molecule has 0 bridgehead atoms. The number of nitrogens with zero attached hydrogens (tertiary/aromatic N) is 6. The summed E-state index contributed by atoms with van der Waals surface area (Å²) in [5.41, 5.74) is 3.21. The standard InChI is InChI=1S/C24H23FN6O/c1-15-5-6-18(25)11-17(15)14-30-9-10-31(13-16(30)2)23-19(12-26)24(32)29(4)20-7-8-21(27-3)28-22(20)23/h5-8,11,16H,9-10,13-14H2,1-2,4H3/t16-/m1/s1. The smallest absolute Gasteiger partial charge is 0.271 e. The van der Waals surface area contributed by atoms with Crippen LogP contribution in [0.3, 0.4) is 0 Å². The molecule has 3 heterocycles. The van der Waals surface area contributed by atoms with Crippen LogP contribution in [0.15, 0.2) is 35.1 Å². The zero-order valence-electron chi connectivity index (χ0n) is 18.3. The predicted octanol–water partition coefficient (Wildman–Crippen LogP) is 3.51. The Morgan fingerprint density at radius 3 is 2.78 bits per heavy atom. The van der Waals surface area contributed by atoms with Crippen molar-refractivity contribution in [1.29, 1.82) is 5.26 Å². The molecule has 4 rings (SSSR count). The van der Waals surface area contributed by atoms with E-state index in [4.69, 9.17) is 6.57 Å². The van der Waals surface area contributed by atoms with Crippen LogP contribution in [0.2, 0.25) is 0 Å². The molecule has 0 aliphatic carbocycles. The number of pyridine rings is 2. The number of halogens is 1. The van der Waals surface area contributed by atoms with E-state index in [1.54, 1.807) is 31.3 Å². The maximum atomic E-state index is 13.7. The molecule has 8 heteroatoms. The lowest BCUT2D eigenvalue weighted by molar-refractivity contribution is 0.180. The Balaban J connectivity index is 1.71. The predicted molar refractivity (Wildman–Crippen MR) is 121 cm³/mol. The lowest BCUT2D eigenvalue weighted by atomic mass is 10.0. The number of hydrogen-bond acceptors (Lipinski definition) is 5. The molecular formula is C24H23FN6O. The van der Waals surface area contributed by atoms with E-state index in [0.29, 0.717) is 42.9 Å². The number of fused-ring (bicyclic) bond motifs is 1. The third-order valence-electron chi connectivity index (χ3n) is 6.19. The molecule has 0 radical (unpaired) electrons. The van der Waals surface area contributed by atoms with Gasteiger partial charge >= 0.3 is 0 Å². The number of aromatic nitrogens is 2. The Morgan fingerprint density at radius 1 is 1.31 bits per heavy atom. The molecule has 0 N–H and O–H groups in total. The maximum absolute atomic E-state index is 13.7. The first-order valence-electron chi connectivity index (χ1n) is 10.4. The molecule has 0 amide bonds. The number of nitriles is 1. The third-order valence-corrected chi connectivity index (χ3v) is 6.19. The topological polar surface area (TPSA) is 69.5 Å². The van der Waals surface area contributed by atoms with Crippen LogP contribution < -0.4 is 10.5 Å². The monoisotopic (exact) mass is 430 g/mol. The molecular weight excluding hydrogens is 407 g/mol. The van der Waals surface area contributed by atoms with Crippen LogP contribution in [0.25, 0.3) is 15.9 Å². The van der Waals surface area contributed by atoms with Gasteiger partial charge < -0.3 is 14.3 Å². The zero-order valence-corrected chi connectivity index (χ0v) is 18.3. The second kappa shape index (κ2) is 8.41. The summed E-state index contributed by atoms with van der Waals surface area (Å²) in [7, 11) is 1.61. The van der Waals surface area contributed by atoms with Crippen LogP contribution in [0, 0.1) is 30.6 Å². The van der Waals surface area contributed by atoms with Crippen LogP contribution in [-0.4, -0.2) is 40.1 Å². The Bertz CT molecular complexity index is 1350. The maximum Gasteiger partial charge on any atom is 0.271 e. The summed E-state index contributed by atoms with van der Waals surface area (Å²) in [6, 6.07) is 10.3. The Morgan fingerprint density at radius 2 is 2.09 bits per heavy atom. The summed E-state index contributed by atoms with van der Waals surface area (Å²) >= 11 is 0. The highest BCUT2D eigenvalue weighted by Gasteiger charge is 2.30. The number of piperazine rings is 1. The van der Waals surface area contributed by atoms with Crippen molar-refractivity contribution in [3.8, 4) is 6.07 Å². The van der Waals surface area contributed by atoms with Crippen molar-refractivity contribution in [3.05, 3.63) is 74.6 Å². The average Bonchev–Trinajstić information content (AvgIpc) is 2.79. The van der Waals surface area contributed by atoms with E-state index in [-0.39, 0.29) is 28.8 Å². The number of aryl methyl sites for hydroxylation is 2. The van der Waals surface area contributed by atoms with Gasteiger partial charge in [-0.05, 0) is 49.2 Å². The molecule has 1 saturated heterocycles. The van der Waals surface area contributed by atoms with Crippen LogP contribution in [-0.2, 0) is 13.6 Å². The number of anilines is 1. The molecule has 1 atom stereocenters. The van der Waals surface area contributed by atoms with E-state index in [0.717, 1.165) is 11.1 Å². The van der Waals surface area contributed by atoms with Crippen molar-refractivity contribution in [2.24, 2.45) is 7.05 Å². The SMILES string of the molecule is [C-]#[N+]c1ccc2c(n1)c(N1CCN(Cc3cc(F)ccc3C)[C@H](C)C1)c(C#N)c(=O)n2C. The van der Waals surface area contributed by atoms with Crippen molar-refractivity contribution in [3.63, 3.8) is 0 Å². The van der Waals surface area contributed by atoms with Gasteiger partial charge in [0.25, 0.3) is 11.4 Å². The Hall–Kier alpha value is -3.75. The van der Waals surface area contributed by atoms with Crippen molar-refractivity contribution in [2.75, 3.05) is 24.5 Å². The first kappa shape index (κ1) is 21.5. The summed E-state index contributed by atoms with van der Waals surface area (Å²) in [4.78, 5) is 25.0. The van der Waals surface area contributed by atoms with Gasteiger partial charge in [0.15, 0.2) is 0 Å². The van der Waals surface area contributed by atoms with E-state index < -0.39 is 0 Å². The van der Waals surface area contributed by atoms with Crippen molar-refractivity contribution < 1.29 is 4.39 Å². The minimum absolute atomic E-state index is 0.0382. The molecule has 0 saturated carbocycles. The van der Waals surface area contributed by atoms with Gasteiger partial charge in [-0.1, -0.05) is 12.6 Å². The van der Waals surface area contributed by atoms with Crippen molar-refractivity contribution in [2.45, 2.75) is 26.4 Å². The molecule has 1 aromatic carbocycles. The fourth-order valence-electron chi connectivity index (χ4n) is 4.32. The summed E-state index contributed by atoms with van der Waals surface area (Å²) < 4.78 is 15.1. The average molecular weight is 430 g/mol. The molecule has 1 fully saturated rings. The van der Waals surface area contributed by atoms with Crippen LogP contribution >= 0.6 is 0 Å². The molecule has 1 aliphatic rings. The Kier molecular flexibility index (Phi) is 5.65. The van der Waals surface area contributed by atoms with Gasteiger partial charge in [-0.25, -0.2) is 4.39 Å². The summed E-state index contributed by atoms with van der Waals surface area (Å²) in [6.07, 6.45) is 0. The Labute approximate surface area is 185 Å². The van der Waals surface area contributed by atoms with Crippen LogP contribution in [0.1, 0.15) is 23.6 Å². The second-order valence-corrected chi connectivity index (χ2v) is 8.18. The summed E-state index contributed by atoms with van der Waals surface area (Å²) in [5.74, 6) is -0.0293. The number of rotatable bonds is 3. The lowest BCUT2D eigenvalue weighted by Crippen LogP contribution is -2.52. The summed E-state index contributed by atoms with van der Waals surface area (Å²) in [6.45, 7) is 13.8. The highest BCUT2D eigenvalue weighted by atomic mass is 19.1. The highest BCUT2D eigenvalue weighted by Crippen LogP contribution is 2.31. The van der Waals surface area contributed by atoms with Crippen molar-refractivity contribution >= 4 is 22.5 Å². The quantitative estimate of drug-likeness (QED) is 0.595. The van der Waals surface area contributed by atoms with E-state index in [1.165, 1.54) is 10.6 Å². The molecule has 32 heavy (non-hydrogen) atoms. The largest absolute Gasteiger partial charge is 0.364 e. The van der Waals surface area contributed by atoms with Gasteiger partial charge in [0, 0.05) is 39.3 Å². The lowest BCUT2D eigenvalue weighted by Gasteiger charge is -2.41. The molecule has 1 aliphatic heterocycles. The fraction of sp³-hybridized carbons (Fsp3) is 0.333. The number of benzene rings is 1. The minimum atomic E-state index is -0.377. The highest BCUT2D eigenvalue weighted by molar-refractivity contribution is 5.92. The first-order valence-corrected chi connectivity index (χ1v) is 10.4. The fourth-order valence-corrected chi connectivity index (χ4v) is 4.32. The zero-order chi connectivity index (χ0) is 23.0. The van der Waals surface area contributed by atoms with E-state index in [2.05, 4.69) is 27.7 Å². The van der Waals surface area contributed by atoms with Gasteiger partial charge in [-0.15, -0.1) is 4.98 Å². The first-order chi connectivity index (χ1) is 15.3. The molecule has 3 aromatic rings. The van der Waals surface area contributed by atoms with E-state index >= 15 is 0 Å². The molecule has 0 unspecified atom stereocenters. The molecule has 162 valence electrons. The third kappa shape index (κ3) is 3.70. The number of hydrogen-bond donors (Lipinski definition) is 0. The molecule has 2 aromatic heterocycles. The van der Waals surface area contributed by atoms with Gasteiger partial charge in [0.2, 0.25) is 5.52 Å². The van der Waals surface area contributed by atoms with Crippen molar-refractivity contribution in [1.82, 2.24) is 14.5 Å². The second-order valence-electron chi connectivity index (χ2n) is 8.18. The van der Waals surface area contributed by atoms with Gasteiger partial charge in [-0.2, -0.15) is 5.26 Å². The van der Waals surface area contributed by atoms with E-state index in [9.17, 15) is 14.4 Å².